The highest BCUT2D eigenvalue weighted by molar-refractivity contribution is 5.80. The number of nitrogens with one attached hydrogen (secondary N) is 1. The molecule has 4 nitrogen and oxygen atoms in total. The maximum atomic E-state index is 12.3. The zero-order valence-corrected chi connectivity index (χ0v) is 10.5. The van der Waals surface area contributed by atoms with Gasteiger partial charge in [0.15, 0.2) is 0 Å². The highest BCUT2D eigenvalue weighted by atomic mass is 16.2. The van der Waals surface area contributed by atoms with Crippen LogP contribution in [-0.2, 0) is 4.79 Å². The lowest BCUT2D eigenvalue weighted by atomic mass is 10.00. The van der Waals surface area contributed by atoms with Gasteiger partial charge in [0.05, 0.1) is 12.5 Å². The first kappa shape index (κ1) is 12.4. The number of piperazine rings is 1. The third-order valence-electron chi connectivity index (χ3n) is 3.84. The molecule has 2 rings (SSSR count). The first-order valence-corrected chi connectivity index (χ1v) is 6.40. The second-order valence-corrected chi connectivity index (χ2v) is 4.94. The van der Waals surface area contributed by atoms with Gasteiger partial charge in [-0.15, -0.1) is 6.42 Å². The largest absolute Gasteiger partial charge is 0.340 e. The van der Waals surface area contributed by atoms with Gasteiger partial charge in [-0.05, 0) is 19.9 Å². The average Bonchev–Trinajstić information content (AvgIpc) is 2.76. The average molecular weight is 235 g/mol. The molecule has 0 aliphatic carbocycles. The third-order valence-corrected chi connectivity index (χ3v) is 3.84. The molecule has 2 heterocycles. The van der Waals surface area contributed by atoms with Crippen LogP contribution in [0.3, 0.4) is 0 Å². The van der Waals surface area contributed by atoms with Gasteiger partial charge in [0.1, 0.15) is 0 Å². The van der Waals surface area contributed by atoms with Crippen molar-refractivity contribution < 1.29 is 4.79 Å². The van der Waals surface area contributed by atoms with E-state index in [0.29, 0.717) is 18.5 Å². The van der Waals surface area contributed by atoms with E-state index in [1.807, 2.05) is 4.90 Å². The van der Waals surface area contributed by atoms with Crippen LogP contribution in [0, 0.1) is 18.3 Å². The summed E-state index contributed by atoms with van der Waals surface area (Å²) in [6, 6.07) is 0.325. The predicted octanol–water partition coefficient (Wildman–Crippen LogP) is -0.238. The molecule has 2 aliphatic rings. The fourth-order valence-electron chi connectivity index (χ4n) is 2.69. The number of rotatable bonds is 2. The van der Waals surface area contributed by atoms with Crippen LogP contribution < -0.4 is 5.32 Å². The van der Waals surface area contributed by atoms with Crippen molar-refractivity contribution in [3.05, 3.63) is 0 Å². The topological polar surface area (TPSA) is 35.6 Å². The van der Waals surface area contributed by atoms with Crippen molar-refractivity contribution in [3.8, 4) is 12.3 Å². The molecule has 0 aromatic heterocycles. The normalized spacial score (nSPS) is 30.2. The molecule has 2 atom stereocenters. The minimum Gasteiger partial charge on any atom is -0.340 e. The first-order valence-electron chi connectivity index (χ1n) is 6.40. The number of terminal acetylenes is 1. The molecule has 2 saturated heterocycles. The maximum absolute atomic E-state index is 12.3. The van der Waals surface area contributed by atoms with E-state index in [4.69, 9.17) is 6.42 Å². The Morgan fingerprint density at radius 1 is 1.41 bits per heavy atom. The van der Waals surface area contributed by atoms with E-state index in [0.717, 1.165) is 39.1 Å². The van der Waals surface area contributed by atoms with Gasteiger partial charge in [-0.2, -0.15) is 0 Å². The van der Waals surface area contributed by atoms with Crippen LogP contribution >= 0.6 is 0 Å². The lowest BCUT2D eigenvalue weighted by Crippen LogP contribution is -2.51. The molecule has 94 valence electrons. The Hall–Kier alpha value is -1.05. The van der Waals surface area contributed by atoms with Gasteiger partial charge in [-0.25, -0.2) is 0 Å². The van der Waals surface area contributed by atoms with Gasteiger partial charge in [-0.3, -0.25) is 9.69 Å². The summed E-state index contributed by atoms with van der Waals surface area (Å²) >= 11 is 0. The van der Waals surface area contributed by atoms with E-state index >= 15 is 0 Å². The predicted molar refractivity (Wildman–Crippen MR) is 67.4 cm³/mol. The minimum absolute atomic E-state index is 0.175. The summed E-state index contributed by atoms with van der Waals surface area (Å²) in [6.07, 6.45) is 6.27. The standard InChI is InChI=1S/C13H21N3O/c1-3-6-15-7-9-16(10-8-15)13(17)12-4-5-14-11(12)2/h1,11-12,14H,4-10H2,2H3. The summed E-state index contributed by atoms with van der Waals surface area (Å²) < 4.78 is 0. The van der Waals surface area contributed by atoms with Crippen molar-refractivity contribution in [2.24, 2.45) is 5.92 Å². The van der Waals surface area contributed by atoms with Crippen LogP contribution in [0.4, 0.5) is 0 Å². The Labute approximate surface area is 103 Å². The monoisotopic (exact) mass is 235 g/mol. The highest BCUT2D eigenvalue weighted by Gasteiger charge is 2.33. The number of carbonyl (C=O) groups excluding carboxylic acids is 1. The summed E-state index contributed by atoms with van der Waals surface area (Å²) in [7, 11) is 0. The number of hydrogen-bond donors (Lipinski definition) is 1. The number of hydrogen-bond acceptors (Lipinski definition) is 3. The summed E-state index contributed by atoms with van der Waals surface area (Å²) in [4.78, 5) is 16.5. The van der Waals surface area contributed by atoms with Crippen LogP contribution in [0.1, 0.15) is 13.3 Å². The molecule has 0 aromatic carbocycles. The Morgan fingerprint density at radius 3 is 2.65 bits per heavy atom. The van der Waals surface area contributed by atoms with Crippen LogP contribution in [0.15, 0.2) is 0 Å². The number of amides is 1. The second kappa shape index (κ2) is 5.52. The zero-order valence-electron chi connectivity index (χ0n) is 10.5. The van der Waals surface area contributed by atoms with Crippen molar-refractivity contribution in [2.45, 2.75) is 19.4 Å². The van der Waals surface area contributed by atoms with Gasteiger partial charge < -0.3 is 10.2 Å². The molecular weight excluding hydrogens is 214 g/mol. The van der Waals surface area contributed by atoms with E-state index < -0.39 is 0 Å². The SMILES string of the molecule is C#CCN1CCN(C(=O)C2CCNC2C)CC1. The molecule has 1 amide bonds. The van der Waals surface area contributed by atoms with Gasteiger partial charge >= 0.3 is 0 Å². The molecular formula is C13H21N3O. The van der Waals surface area contributed by atoms with E-state index in [9.17, 15) is 4.79 Å². The number of carbonyl (C=O) groups is 1. The summed E-state index contributed by atoms with van der Waals surface area (Å²) in [5.74, 6) is 3.15. The van der Waals surface area contributed by atoms with Gasteiger partial charge in [-0.1, -0.05) is 5.92 Å². The molecule has 2 aliphatic heterocycles. The van der Waals surface area contributed by atoms with Crippen LogP contribution in [-0.4, -0.2) is 61.0 Å². The summed E-state index contributed by atoms with van der Waals surface area (Å²) in [5, 5.41) is 3.33. The smallest absolute Gasteiger partial charge is 0.227 e. The molecule has 4 heteroatoms. The van der Waals surface area contributed by atoms with Crippen molar-refractivity contribution in [1.29, 1.82) is 0 Å². The number of nitrogens with zero attached hydrogens (tertiary/aromatic N) is 2. The van der Waals surface area contributed by atoms with Crippen molar-refractivity contribution >= 4 is 5.91 Å². The minimum atomic E-state index is 0.175. The summed E-state index contributed by atoms with van der Waals surface area (Å²) in [6.45, 7) is 7.23. The molecule has 2 fully saturated rings. The second-order valence-electron chi connectivity index (χ2n) is 4.94. The fourth-order valence-corrected chi connectivity index (χ4v) is 2.69. The van der Waals surface area contributed by atoms with Crippen molar-refractivity contribution in [3.63, 3.8) is 0 Å². The van der Waals surface area contributed by atoms with Crippen LogP contribution in [0.5, 0.6) is 0 Å². The quantitative estimate of drug-likeness (QED) is 0.671. The summed E-state index contributed by atoms with van der Waals surface area (Å²) in [5.41, 5.74) is 0. The maximum Gasteiger partial charge on any atom is 0.227 e. The van der Waals surface area contributed by atoms with E-state index in [2.05, 4.69) is 23.1 Å². The third kappa shape index (κ3) is 2.80. The Bertz CT molecular complexity index is 315. The van der Waals surface area contributed by atoms with Gasteiger partial charge in [0.25, 0.3) is 0 Å². The molecule has 0 spiro atoms. The lowest BCUT2D eigenvalue weighted by molar-refractivity contribution is -0.137. The fraction of sp³-hybridized carbons (Fsp3) is 0.769. The van der Waals surface area contributed by atoms with E-state index in [-0.39, 0.29) is 5.92 Å². The van der Waals surface area contributed by atoms with Gasteiger partial charge in [0, 0.05) is 32.2 Å². The lowest BCUT2D eigenvalue weighted by Gasteiger charge is -2.35. The molecule has 0 aromatic rings. The van der Waals surface area contributed by atoms with E-state index in [1.165, 1.54) is 0 Å². The Balaban J connectivity index is 1.84. The molecule has 2 unspecified atom stereocenters. The molecule has 0 saturated carbocycles. The van der Waals surface area contributed by atoms with E-state index in [1.54, 1.807) is 0 Å². The van der Waals surface area contributed by atoms with Crippen LogP contribution in [0.2, 0.25) is 0 Å². The zero-order chi connectivity index (χ0) is 12.3. The Morgan fingerprint density at radius 2 is 2.12 bits per heavy atom. The highest BCUT2D eigenvalue weighted by Crippen LogP contribution is 2.19. The molecule has 1 N–H and O–H groups in total. The Kier molecular flexibility index (Phi) is 4.03. The van der Waals surface area contributed by atoms with Gasteiger partial charge in [0.2, 0.25) is 5.91 Å². The molecule has 17 heavy (non-hydrogen) atoms. The molecule has 0 bridgehead atoms. The van der Waals surface area contributed by atoms with Crippen LogP contribution in [0.25, 0.3) is 0 Å². The van der Waals surface area contributed by atoms with Crippen molar-refractivity contribution in [2.75, 3.05) is 39.3 Å². The molecule has 0 radical (unpaired) electrons. The van der Waals surface area contributed by atoms with Crippen molar-refractivity contribution in [1.82, 2.24) is 15.1 Å². The first-order chi connectivity index (χ1) is 8.22.